The molecule has 0 bridgehead atoms. The van der Waals surface area contributed by atoms with E-state index in [0.717, 1.165) is 25.2 Å². The van der Waals surface area contributed by atoms with E-state index >= 15 is 0 Å². The molecule has 0 heterocycles. The maximum atomic E-state index is 14.5. The molecule has 0 spiro atoms. The second-order valence-electron chi connectivity index (χ2n) is 10.0. The second kappa shape index (κ2) is 15.6. The number of halogens is 1. The smallest absolute Gasteiger partial charge is 0.346 e. The van der Waals surface area contributed by atoms with Crippen LogP contribution >= 0.6 is 0 Å². The average Bonchev–Trinajstić information content (AvgIpc) is 2.88. The molecule has 1 fully saturated rings. The van der Waals surface area contributed by atoms with Crippen LogP contribution in [-0.2, 0) is 6.42 Å². The molecule has 192 valence electrons. The van der Waals surface area contributed by atoms with Crippen LogP contribution in [0.2, 0.25) is 0 Å². The van der Waals surface area contributed by atoms with Crippen molar-refractivity contribution in [3.8, 4) is 11.5 Å². The minimum absolute atomic E-state index is 0.0780. The van der Waals surface area contributed by atoms with Gasteiger partial charge in [-0.3, -0.25) is 0 Å². The third-order valence-corrected chi connectivity index (χ3v) is 7.13. The Bertz CT molecular complexity index is 871. The summed E-state index contributed by atoms with van der Waals surface area (Å²) in [5.41, 5.74) is 1.17. The first-order valence-electron chi connectivity index (χ1n) is 13.9. The summed E-state index contributed by atoms with van der Waals surface area (Å²) >= 11 is 0. The van der Waals surface area contributed by atoms with E-state index in [1.54, 1.807) is 18.2 Å². The summed E-state index contributed by atoms with van der Waals surface area (Å²) in [5.74, 6) is 0.422. The summed E-state index contributed by atoms with van der Waals surface area (Å²) in [6.07, 6.45) is 18.9. The largest absolute Gasteiger partial charge is 0.493 e. The van der Waals surface area contributed by atoms with Crippen LogP contribution in [0.5, 0.6) is 11.5 Å². The standard InChI is InChI=1S/C31H43FO3/c1-2-3-4-5-6-7-8-12-23-34-28-21-22-29(30(32)24-28)31(33)35-27-19-17-26(18-20-27)16-15-25-13-10-9-11-14-25/h17-22,24-25H,2-16,23H2,1H3. The number of esters is 1. The molecule has 1 aliphatic carbocycles. The quantitative estimate of drug-likeness (QED) is 0.144. The summed E-state index contributed by atoms with van der Waals surface area (Å²) < 4.78 is 25.6. The topological polar surface area (TPSA) is 35.5 Å². The van der Waals surface area contributed by atoms with Crippen LogP contribution in [0, 0.1) is 11.7 Å². The van der Waals surface area contributed by atoms with Gasteiger partial charge < -0.3 is 9.47 Å². The Morgan fingerprint density at radius 3 is 2.20 bits per heavy atom. The highest BCUT2D eigenvalue weighted by Gasteiger charge is 2.16. The van der Waals surface area contributed by atoms with Crippen molar-refractivity contribution in [1.29, 1.82) is 0 Å². The molecule has 2 aromatic rings. The van der Waals surface area contributed by atoms with Crippen LogP contribution in [-0.4, -0.2) is 12.6 Å². The lowest BCUT2D eigenvalue weighted by Gasteiger charge is -2.21. The fourth-order valence-electron chi connectivity index (χ4n) is 4.91. The highest BCUT2D eigenvalue weighted by atomic mass is 19.1. The molecule has 0 N–H and O–H groups in total. The molecule has 0 saturated heterocycles. The predicted molar refractivity (Wildman–Crippen MR) is 141 cm³/mol. The van der Waals surface area contributed by atoms with Crippen molar-refractivity contribution in [2.75, 3.05) is 6.61 Å². The van der Waals surface area contributed by atoms with Gasteiger partial charge in [0.2, 0.25) is 0 Å². The molecule has 0 aromatic heterocycles. The van der Waals surface area contributed by atoms with Crippen molar-refractivity contribution < 1.29 is 18.7 Å². The molecule has 1 saturated carbocycles. The van der Waals surface area contributed by atoms with E-state index in [4.69, 9.17) is 9.47 Å². The Morgan fingerprint density at radius 2 is 1.51 bits per heavy atom. The van der Waals surface area contributed by atoms with E-state index in [0.29, 0.717) is 18.1 Å². The Labute approximate surface area is 211 Å². The molecule has 2 aromatic carbocycles. The van der Waals surface area contributed by atoms with Gasteiger partial charge in [-0.05, 0) is 55.0 Å². The van der Waals surface area contributed by atoms with Crippen LogP contribution in [0.15, 0.2) is 42.5 Å². The van der Waals surface area contributed by atoms with Crippen LogP contribution in [0.3, 0.4) is 0 Å². The monoisotopic (exact) mass is 482 g/mol. The number of rotatable bonds is 15. The zero-order valence-corrected chi connectivity index (χ0v) is 21.5. The number of carbonyl (C=O) groups excluding carboxylic acids is 1. The molecule has 0 aliphatic heterocycles. The molecule has 0 unspecified atom stereocenters. The van der Waals surface area contributed by atoms with E-state index in [1.165, 1.54) is 94.7 Å². The normalized spacial score (nSPS) is 14.1. The number of carbonyl (C=O) groups is 1. The Balaban J connectivity index is 1.37. The van der Waals surface area contributed by atoms with Gasteiger partial charge in [-0.25, -0.2) is 9.18 Å². The number of hydrogen-bond acceptors (Lipinski definition) is 3. The number of unbranched alkanes of at least 4 members (excludes halogenated alkanes) is 7. The zero-order valence-electron chi connectivity index (χ0n) is 21.5. The van der Waals surface area contributed by atoms with Crippen molar-refractivity contribution in [2.24, 2.45) is 5.92 Å². The van der Waals surface area contributed by atoms with E-state index in [-0.39, 0.29) is 5.56 Å². The van der Waals surface area contributed by atoms with Crippen LogP contribution in [0.4, 0.5) is 4.39 Å². The summed E-state index contributed by atoms with van der Waals surface area (Å²) in [4.78, 5) is 12.5. The van der Waals surface area contributed by atoms with Crippen molar-refractivity contribution >= 4 is 5.97 Å². The predicted octanol–water partition coefficient (Wildman–Crippen LogP) is 9.08. The lowest BCUT2D eigenvalue weighted by atomic mass is 9.85. The fourth-order valence-corrected chi connectivity index (χ4v) is 4.91. The van der Waals surface area contributed by atoms with Crippen molar-refractivity contribution in [1.82, 2.24) is 0 Å². The summed E-state index contributed by atoms with van der Waals surface area (Å²) in [7, 11) is 0. The highest BCUT2D eigenvalue weighted by molar-refractivity contribution is 5.91. The Hall–Kier alpha value is -2.36. The SMILES string of the molecule is CCCCCCCCCCOc1ccc(C(=O)Oc2ccc(CCC3CCCCC3)cc2)c(F)c1. The van der Waals surface area contributed by atoms with Gasteiger partial charge in [-0.15, -0.1) is 0 Å². The van der Waals surface area contributed by atoms with Crippen LogP contribution < -0.4 is 9.47 Å². The van der Waals surface area contributed by atoms with Crippen molar-refractivity contribution in [2.45, 2.75) is 103 Å². The summed E-state index contributed by atoms with van der Waals surface area (Å²) in [6, 6.07) is 12.0. The van der Waals surface area contributed by atoms with E-state index < -0.39 is 11.8 Å². The van der Waals surface area contributed by atoms with Gasteiger partial charge in [0, 0.05) is 6.07 Å². The number of hydrogen-bond donors (Lipinski definition) is 0. The number of aryl methyl sites for hydroxylation is 1. The minimum atomic E-state index is -0.688. The first-order valence-corrected chi connectivity index (χ1v) is 13.9. The van der Waals surface area contributed by atoms with Gasteiger partial charge in [-0.2, -0.15) is 0 Å². The molecule has 3 nitrogen and oxygen atoms in total. The van der Waals surface area contributed by atoms with Gasteiger partial charge in [0.15, 0.2) is 0 Å². The van der Waals surface area contributed by atoms with Crippen LogP contribution in [0.1, 0.15) is 113 Å². The molecular formula is C31H43FO3. The van der Waals surface area contributed by atoms with Crippen LogP contribution in [0.25, 0.3) is 0 Å². The molecule has 0 amide bonds. The van der Waals surface area contributed by atoms with Gasteiger partial charge in [0.1, 0.15) is 17.3 Å². The molecule has 0 radical (unpaired) electrons. The molecule has 4 heteroatoms. The first kappa shape index (κ1) is 27.2. The molecule has 35 heavy (non-hydrogen) atoms. The summed E-state index contributed by atoms with van der Waals surface area (Å²) in [6.45, 7) is 2.79. The van der Waals surface area contributed by atoms with Gasteiger partial charge in [0.25, 0.3) is 0 Å². The number of ether oxygens (including phenoxy) is 2. The van der Waals surface area contributed by atoms with E-state index in [1.807, 2.05) is 12.1 Å². The Morgan fingerprint density at radius 1 is 0.857 bits per heavy atom. The first-order chi connectivity index (χ1) is 17.2. The fraction of sp³-hybridized carbons (Fsp3) is 0.581. The van der Waals surface area contributed by atoms with Crippen molar-refractivity contribution in [3.63, 3.8) is 0 Å². The average molecular weight is 483 g/mol. The van der Waals surface area contributed by atoms with E-state index in [2.05, 4.69) is 6.92 Å². The maximum absolute atomic E-state index is 14.5. The third kappa shape index (κ3) is 10.0. The molecular weight excluding hydrogens is 439 g/mol. The van der Waals surface area contributed by atoms with Gasteiger partial charge >= 0.3 is 5.97 Å². The van der Waals surface area contributed by atoms with Gasteiger partial charge in [0.05, 0.1) is 12.2 Å². The lowest BCUT2D eigenvalue weighted by molar-refractivity contribution is 0.0730. The van der Waals surface area contributed by atoms with Gasteiger partial charge in [-0.1, -0.05) is 96.1 Å². The minimum Gasteiger partial charge on any atom is -0.493 e. The third-order valence-electron chi connectivity index (χ3n) is 7.13. The molecule has 1 aliphatic rings. The molecule has 0 atom stereocenters. The Kier molecular flexibility index (Phi) is 12.1. The number of benzene rings is 2. The summed E-state index contributed by atoms with van der Waals surface area (Å²) in [5, 5.41) is 0. The zero-order chi connectivity index (χ0) is 24.7. The maximum Gasteiger partial charge on any atom is 0.346 e. The van der Waals surface area contributed by atoms with Crippen molar-refractivity contribution in [3.05, 3.63) is 59.4 Å². The van der Waals surface area contributed by atoms with E-state index in [9.17, 15) is 9.18 Å². The second-order valence-corrected chi connectivity index (χ2v) is 10.0. The molecule has 3 rings (SSSR count). The lowest BCUT2D eigenvalue weighted by Crippen LogP contribution is -2.11. The highest BCUT2D eigenvalue weighted by Crippen LogP contribution is 2.28.